The largest absolute Gasteiger partial charge is 0.479 e. The molecule has 0 unspecified atom stereocenters. The van der Waals surface area contributed by atoms with Gasteiger partial charge in [0.2, 0.25) is 5.91 Å². The van der Waals surface area contributed by atoms with E-state index in [0.717, 1.165) is 4.88 Å². The van der Waals surface area contributed by atoms with E-state index in [0.29, 0.717) is 16.6 Å². The van der Waals surface area contributed by atoms with E-state index in [-0.39, 0.29) is 18.4 Å². The normalized spacial score (nSPS) is 16.9. The SMILES string of the molecule is Cc1cnc(NC(=O)CN2C(=O)[C@@H](C)Oc3ccccc32)s1. The van der Waals surface area contributed by atoms with Gasteiger partial charge >= 0.3 is 0 Å². The minimum Gasteiger partial charge on any atom is -0.479 e. The van der Waals surface area contributed by atoms with Crippen LogP contribution in [0.4, 0.5) is 10.8 Å². The Bertz CT molecular complexity index is 728. The molecule has 2 heterocycles. The smallest absolute Gasteiger partial charge is 0.268 e. The van der Waals surface area contributed by atoms with E-state index in [1.54, 1.807) is 31.3 Å². The summed E-state index contributed by atoms with van der Waals surface area (Å²) in [5.74, 6) is 0.0864. The molecule has 0 aliphatic carbocycles. The van der Waals surface area contributed by atoms with Crippen molar-refractivity contribution in [3.8, 4) is 5.75 Å². The van der Waals surface area contributed by atoms with Gasteiger partial charge in [0.15, 0.2) is 11.2 Å². The van der Waals surface area contributed by atoms with E-state index in [4.69, 9.17) is 4.74 Å². The van der Waals surface area contributed by atoms with Crippen molar-refractivity contribution in [2.75, 3.05) is 16.8 Å². The molecular weight excluding hydrogens is 302 g/mol. The molecule has 1 N–H and O–H groups in total. The third-order valence-electron chi connectivity index (χ3n) is 3.24. The summed E-state index contributed by atoms with van der Waals surface area (Å²) in [7, 11) is 0. The lowest BCUT2D eigenvalue weighted by Gasteiger charge is -2.32. The van der Waals surface area contributed by atoms with Gasteiger partial charge in [0, 0.05) is 11.1 Å². The number of carbonyl (C=O) groups excluding carboxylic acids is 2. The van der Waals surface area contributed by atoms with Gasteiger partial charge in [0.25, 0.3) is 5.91 Å². The fourth-order valence-corrected chi connectivity index (χ4v) is 2.92. The summed E-state index contributed by atoms with van der Waals surface area (Å²) in [6.07, 6.45) is 1.09. The van der Waals surface area contributed by atoms with E-state index < -0.39 is 6.10 Å². The number of fused-ring (bicyclic) bond motifs is 1. The summed E-state index contributed by atoms with van der Waals surface area (Å²) < 4.78 is 5.54. The second-order valence-corrected chi connectivity index (χ2v) is 6.21. The molecule has 1 aliphatic heterocycles. The van der Waals surface area contributed by atoms with Crippen LogP contribution in [0.3, 0.4) is 0 Å². The number of para-hydroxylation sites is 2. The van der Waals surface area contributed by atoms with Gasteiger partial charge < -0.3 is 10.1 Å². The van der Waals surface area contributed by atoms with E-state index >= 15 is 0 Å². The highest BCUT2D eigenvalue weighted by Gasteiger charge is 2.32. The fraction of sp³-hybridized carbons (Fsp3) is 0.267. The van der Waals surface area contributed by atoms with Crippen molar-refractivity contribution in [2.24, 2.45) is 0 Å². The zero-order valence-electron chi connectivity index (χ0n) is 12.2. The van der Waals surface area contributed by atoms with Gasteiger partial charge in [-0.25, -0.2) is 4.98 Å². The molecule has 3 rings (SSSR count). The molecule has 114 valence electrons. The van der Waals surface area contributed by atoms with E-state index in [9.17, 15) is 9.59 Å². The lowest BCUT2D eigenvalue weighted by Crippen LogP contribution is -2.47. The van der Waals surface area contributed by atoms with Crippen LogP contribution in [0.5, 0.6) is 5.75 Å². The molecule has 0 fully saturated rings. The highest BCUT2D eigenvalue weighted by Crippen LogP contribution is 2.33. The maximum atomic E-state index is 12.3. The number of benzene rings is 1. The predicted molar refractivity (Wildman–Crippen MR) is 84.4 cm³/mol. The number of nitrogens with zero attached hydrogens (tertiary/aromatic N) is 2. The van der Waals surface area contributed by atoms with Crippen molar-refractivity contribution in [3.05, 3.63) is 35.3 Å². The van der Waals surface area contributed by atoms with Crippen molar-refractivity contribution >= 4 is 34.0 Å². The summed E-state index contributed by atoms with van der Waals surface area (Å²) in [4.78, 5) is 31.0. The summed E-state index contributed by atoms with van der Waals surface area (Å²) in [6.45, 7) is 3.52. The molecule has 1 aliphatic rings. The second kappa shape index (κ2) is 5.76. The first-order chi connectivity index (χ1) is 10.5. The molecule has 2 aromatic rings. The number of aryl methyl sites for hydroxylation is 1. The molecule has 22 heavy (non-hydrogen) atoms. The summed E-state index contributed by atoms with van der Waals surface area (Å²) in [5.41, 5.74) is 0.607. The monoisotopic (exact) mass is 317 g/mol. The quantitative estimate of drug-likeness (QED) is 0.942. The number of nitrogens with one attached hydrogen (secondary N) is 1. The van der Waals surface area contributed by atoms with Crippen molar-refractivity contribution in [2.45, 2.75) is 20.0 Å². The summed E-state index contributed by atoms with van der Waals surface area (Å²) in [6, 6.07) is 7.19. The molecular formula is C15H15N3O3S. The number of anilines is 2. The van der Waals surface area contributed by atoms with Crippen LogP contribution in [0, 0.1) is 6.92 Å². The first kappa shape index (κ1) is 14.5. The standard InChI is InChI=1S/C15H15N3O3S/c1-9-7-16-15(22-9)17-13(19)8-18-11-5-3-4-6-12(11)21-10(2)14(18)20/h3-7,10H,8H2,1-2H3,(H,16,17,19)/t10-/m1/s1. The Morgan fingerprint density at radius 3 is 2.95 bits per heavy atom. The van der Waals surface area contributed by atoms with Gasteiger partial charge in [-0.15, -0.1) is 11.3 Å². The number of amides is 2. The number of thiazole rings is 1. The average molecular weight is 317 g/mol. The van der Waals surface area contributed by atoms with Crippen LogP contribution in [-0.2, 0) is 9.59 Å². The molecule has 0 saturated carbocycles. The molecule has 7 heteroatoms. The van der Waals surface area contributed by atoms with Gasteiger partial charge in [-0.3, -0.25) is 14.5 Å². The Balaban J connectivity index is 1.78. The van der Waals surface area contributed by atoms with Crippen LogP contribution in [0.25, 0.3) is 0 Å². The summed E-state index contributed by atoms with van der Waals surface area (Å²) in [5, 5.41) is 3.24. The Kier molecular flexibility index (Phi) is 3.81. The number of carbonyl (C=O) groups is 2. The van der Waals surface area contributed by atoms with Crippen molar-refractivity contribution < 1.29 is 14.3 Å². The number of ether oxygens (including phenoxy) is 1. The zero-order valence-corrected chi connectivity index (χ0v) is 13.0. The van der Waals surface area contributed by atoms with E-state index in [1.165, 1.54) is 16.2 Å². The van der Waals surface area contributed by atoms with Crippen molar-refractivity contribution in [1.29, 1.82) is 0 Å². The topological polar surface area (TPSA) is 71.5 Å². The Hall–Kier alpha value is -2.41. The zero-order chi connectivity index (χ0) is 15.7. The molecule has 2 amide bonds. The van der Waals surface area contributed by atoms with Gasteiger partial charge in [0.1, 0.15) is 12.3 Å². The highest BCUT2D eigenvalue weighted by molar-refractivity contribution is 7.15. The summed E-state index contributed by atoms with van der Waals surface area (Å²) >= 11 is 1.39. The van der Waals surface area contributed by atoms with Crippen LogP contribution < -0.4 is 15.0 Å². The number of hydrogen-bond donors (Lipinski definition) is 1. The van der Waals surface area contributed by atoms with Crippen LogP contribution in [0.2, 0.25) is 0 Å². The van der Waals surface area contributed by atoms with Crippen LogP contribution >= 0.6 is 11.3 Å². The number of rotatable bonds is 3. The molecule has 0 spiro atoms. The molecule has 0 bridgehead atoms. The van der Waals surface area contributed by atoms with Crippen molar-refractivity contribution in [1.82, 2.24) is 4.98 Å². The molecule has 0 radical (unpaired) electrons. The van der Waals surface area contributed by atoms with Crippen LogP contribution in [0.1, 0.15) is 11.8 Å². The van der Waals surface area contributed by atoms with Gasteiger partial charge in [-0.2, -0.15) is 0 Å². The Labute approximate surface area is 131 Å². The fourth-order valence-electron chi connectivity index (χ4n) is 2.24. The maximum absolute atomic E-state index is 12.3. The van der Waals surface area contributed by atoms with Gasteiger partial charge in [-0.1, -0.05) is 12.1 Å². The van der Waals surface area contributed by atoms with Crippen molar-refractivity contribution in [3.63, 3.8) is 0 Å². The van der Waals surface area contributed by atoms with Gasteiger partial charge in [-0.05, 0) is 26.0 Å². The number of hydrogen-bond acceptors (Lipinski definition) is 5. The second-order valence-electron chi connectivity index (χ2n) is 4.98. The number of aromatic nitrogens is 1. The predicted octanol–water partition coefficient (Wildman–Crippen LogP) is 2.20. The molecule has 1 aromatic carbocycles. The average Bonchev–Trinajstić information content (AvgIpc) is 2.89. The molecule has 6 nitrogen and oxygen atoms in total. The third-order valence-corrected chi connectivity index (χ3v) is 4.07. The maximum Gasteiger partial charge on any atom is 0.268 e. The minimum absolute atomic E-state index is 0.0673. The van der Waals surface area contributed by atoms with E-state index in [1.807, 2.05) is 13.0 Å². The van der Waals surface area contributed by atoms with Crippen LogP contribution in [0.15, 0.2) is 30.5 Å². The van der Waals surface area contributed by atoms with Crippen LogP contribution in [-0.4, -0.2) is 29.4 Å². The van der Waals surface area contributed by atoms with Gasteiger partial charge in [0.05, 0.1) is 5.69 Å². The molecule has 0 saturated heterocycles. The molecule has 1 atom stereocenters. The lowest BCUT2D eigenvalue weighted by molar-refractivity contribution is -0.127. The van der Waals surface area contributed by atoms with E-state index in [2.05, 4.69) is 10.3 Å². The minimum atomic E-state index is -0.607. The third kappa shape index (κ3) is 2.80. The lowest BCUT2D eigenvalue weighted by atomic mass is 10.2. The Morgan fingerprint density at radius 2 is 2.23 bits per heavy atom. The first-order valence-corrected chi connectivity index (χ1v) is 7.65. The highest BCUT2D eigenvalue weighted by atomic mass is 32.1. The Morgan fingerprint density at radius 1 is 1.45 bits per heavy atom. The molecule has 1 aromatic heterocycles. The first-order valence-electron chi connectivity index (χ1n) is 6.84.